The minimum atomic E-state index is 0. The van der Waals surface area contributed by atoms with Crippen LogP contribution in [0.2, 0.25) is 0 Å². The highest BCUT2D eigenvalue weighted by Crippen LogP contribution is 2.12. The van der Waals surface area contributed by atoms with E-state index in [1.807, 2.05) is 7.05 Å². The standard InChI is InChI=1S/C19H40N4O.HI/c1-7-24-18(16(4)5)8-11-21-19(20-6)22-17-9-12-23(13-10-17)14-15(2)3;/h15-18H,7-14H2,1-6H3,(H2,20,21,22);1H. The van der Waals surface area contributed by atoms with Gasteiger partial charge in [-0.3, -0.25) is 4.99 Å². The highest BCUT2D eigenvalue weighted by atomic mass is 127. The molecule has 5 nitrogen and oxygen atoms in total. The Morgan fingerprint density at radius 2 is 1.84 bits per heavy atom. The van der Waals surface area contributed by atoms with Crippen molar-refractivity contribution in [1.82, 2.24) is 15.5 Å². The molecule has 0 saturated carbocycles. The van der Waals surface area contributed by atoms with Crippen LogP contribution in [0.1, 0.15) is 53.9 Å². The summed E-state index contributed by atoms with van der Waals surface area (Å²) in [5.41, 5.74) is 0. The van der Waals surface area contributed by atoms with Crippen molar-refractivity contribution in [3.05, 3.63) is 0 Å². The Hall–Kier alpha value is -0.0800. The van der Waals surface area contributed by atoms with Crippen LogP contribution in [0.5, 0.6) is 0 Å². The molecule has 6 heteroatoms. The van der Waals surface area contributed by atoms with E-state index in [-0.39, 0.29) is 24.0 Å². The fraction of sp³-hybridized carbons (Fsp3) is 0.947. The lowest BCUT2D eigenvalue weighted by Crippen LogP contribution is -2.49. The van der Waals surface area contributed by atoms with Gasteiger partial charge in [0.2, 0.25) is 0 Å². The molecule has 1 atom stereocenters. The fourth-order valence-corrected chi connectivity index (χ4v) is 3.32. The first kappa shape index (κ1) is 24.9. The van der Waals surface area contributed by atoms with Crippen molar-refractivity contribution in [1.29, 1.82) is 0 Å². The van der Waals surface area contributed by atoms with Crippen LogP contribution in [0.4, 0.5) is 0 Å². The number of nitrogens with one attached hydrogen (secondary N) is 2. The molecule has 1 heterocycles. The molecule has 2 N–H and O–H groups in total. The predicted octanol–water partition coefficient (Wildman–Crippen LogP) is 3.34. The summed E-state index contributed by atoms with van der Waals surface area (Å²) >= 11 is 0. The van der Waals surface area contributed by atoms with Crippen molar-refractivity contribution in [2.24, 2.45) is 16.8 Å². The van der Waals surface area contributed by atoms with Crippen molar-refractivity contribution < 1.29 is 4.74 Å². The number of piperidine rings is 1. The Morgan fingerprint density at radius 1 is 1.20 bits per heavy atom. The van der Waals surface area contributed by atoms with Gasteiger partial charge in [0, 0.05) is 45.9 Å². The maximum absolute atomic E-state index is 5.81. The zero-order valence-electron chi connectivity index (χ0n) is 17.2. The second-order valence-electron chi connectivity index (χ2n) is 7.64. The van der Waals surface area contributed by atoms with Crippen molar-refractivity contribution in [2.75, 3.05) is 39.8 Å². The van der Waals surface area contributed by atoms with E-state index in [2.05, 4.69) is 55.1 Å². The predicted molar refractivity (Wildman–Crippen MR) is 119 cm³/mol. The fourth-order valence-electron chi connectivity index (χ4n) is 3.32. The summed E-state index contributed by atoms with van der Waals surface area (Å²) in [5.74, 6) is 2.23. The molecule has 0 aliphatic carbocycles. The smallest absolute Gasteiger partial charge is 0.191 e. The van der Waals surface area contributed by atoms with Gasteiger partial charge in [0.15, 0.2) is 5.96 Å². The molecule has 0 aromatic heterocycles. The van der Waals surface area contributed by atoms with E-state index in [1.165, 1.54) is 32.5 Å². The first-order valence-corrected chi connectivity index (χ1v) is 9.77. The lowest BCUT2D eigenvalue weighted by atomic mass is 10.0. The Labute approximate surface area is 172 Å². The van der Waals surface area contributed by atoms with Gasteiger partial charge in [0.05, 0.1) is 6.10 Å². The topological polar surface area (TPSA) is 48.9 Å². The lowest BCUT2D eigenvalue weighted by molar-refractivity contribution is 0.0258. The van der Waals surface area contributed by atoms with Gasteiger partial charge in [-0.25, -0.2) is 0 Å². The number of hydrogen-bond acceptors (Lipinski definition) is 3. The van der Waals surface area contributed by atoms with Crippen LogP contribution < -0.4 is 10.6 Å². The Kier molecular flexibility index (Phi) is 14.0. The van der Waals surface area contributed by atoms with Gasteiger partial charge in [0.1, 0.15) is 0 Å². The second kappa shape index (κ2) is 14.0. The van der Waals surface area contributed by atoms with Gasteiger partial charge in [-0.15, -0.1) is 24.0 Å². The van der Waals surface area contributed by atoms with E-state index in [0.29, 0.717) is 18.1 Å². The number of rotatable bonds is 9. The largest absolute Gasteiger partial charge is 0.378 e. The second-order valence-corrected chi connectivity index (χ2v) is 7.64. The molecule has 0 aromatic carbocycles. The number of guanidine groups is 1. The average Bonchev–Trinajstić information content (AvgIpc) is 2.54. The molecule has 0 spiro atoms. The average molecular weight is 468 g/mol. The molecule has 0 radical (unpaired) electrons. The maximum atomic E-state index is 5.81. The van der Waals surface area contributed by atoms with Crippen molar-refractivity contribution in [3.8, 4) is 0 Å². The van der Waals surface area contributed by atoms with Gasteiger partial charge in [-0.2, -0.15) is 0 Å². The molecule has 0 aromatic rings. The van der Waals surface area contributed by atoms with Crippen LogP contribution >= 0.6 is 24.0 Å². The summed E-state index contributed by atoms with van der Waals surface area (Å²) in [6, 6.07) is 0.535. The minimum absolute atomic E-state index is 0. The number of aliphatic imine (C=N–C) groups is 1. The van der Waals surface area contributed by atoms with Crippen LogP contribution in [0.3, 0.4) is 0 Å². The van der Waals surface area contributed by atoms with Crippen LogP contribution in [0.15, 0.2) is 4.99 Å². The summed E-state index contributed by atoms with van der Waals surface area (Å²) in [4.78, 5) is 6.95. The van der Waals surface area contributed by atoms with Crippen molar-refractivity contribution in [3.63, 3.8) is 0 Å². The van der Waals surface area contributed by atoms with Gasteiger partial charge in [-0.1, -0.05) is 27.7 Å². The van der Waals surface area contributed by atoms with Gasteiger partial charge in [-0.05, 0) is 38.0 Å². The van der Waals surface area contributed by atoms with E-state index in [0.717, 1.165) is 31.4 Å². The molecule has 1 rings (SSSR count). The SMILES string of the molecule is CCOC(CCNC(=NC)NC1CCN(CC(C)C)CC1)C(C)C.I. The molecule has 150 valence electrons. The third-order valence-corrected chi connectivity index (χ3v) is 4.62. The van der Waals surface area contributed by atoms with Gasteiger partial charge in [0.25, 0.3) is 0 Å². The van der Waals surface area contributed by atoms with Crippen LogP contribution in [0, 0.1) is 11.8 Å². The van der Waals surface area contributed by atoms with Crippen LogP contribution in [0.25, 0.3) is 0 Å². The highest BCUT2D eigenvalue weighted by Gasteiger charge is 2.20. The van der Waals surface area contributed by atoms with Crippen LogP contribution in [-0.4, -0.2) is 62.8 Å². The molecule has 0 bridgehead atoms. The molecular formula is C19H41IN4O. The molecular weight excluding hydrogens is 427 g/mol. The molecule has 1 saturated heterocycles. The van der Waals surface area contributed by atoms with E-state index in [1.54, 1.807) is 0 Å². The molecule has 1 aliphatic rings. The highest BCUT2D eigenvalue weighted by molar-refractivity contribution is 14.0. The molecule has 1 aliphatic heterocycles. The number of hydrogen-bond donors (Lipinski definition) is 2. The molecule has 0 amide bonds. The summed E-state index contributed by atoms with van der Waals surface area (Å²) in [6.45, 7) is 16.4. The Balaban J connectivity index is 0.00000576. The number of ether oxygens (including phenoxy) is 1. The third-order valence-electron chi connectivity index (χ3n) is 4.62. The first-order valence-electron chi connectivity index (χ1n) is 9.77. The zero-order valence-corrected chi connectivity index (χ0v) is 19.5. The number of halogens is 1. The third kappa shape index (κ3) is 10.6. The van der Waals surface area contributed by atoms with Crippen molar-refractivity contribution in [2.45, 2.75) is 66.0 Å². The normalized spacial score (nSPS) is 18.3. The summed E-state index contributed by atoms with van der Waals surface area (Å²) in [6.07, 6.45) is 3.72. The van der Waals surface area contributed by atoms with E-state index in [4.69, 9.17) is 4.74 Å². The monoisotopic (exact) mass is 468 g/mol. The van der Waals surface area contributed by atoms with E-state index < -0.39 is 0 Å². The number of likely N-dealkylation sites (tertiary alicyclic amines) is 1. The van der Waals surface area contributed by atoms with Crippen LogP contribution in [-0.2, 0) is 4.74 Å². The molecule has 1 fully saturated rings. The molecule has 1 unspecified atom stereocenters. The Morgan fingerprint density at radius 3 is 2.32 bits per heavy atom. The van der Waals surface area contributed by atoms with Gasteiger partial charge < -0.3 is 20.3 Å². The first-order chi connectivity index (χ1) is 11.5. The van der Waals surface area contributed by atoms with E-state index >= 15 is 0 Å². The number of nitrogens with zero attached hydrogens (tertiary/aromatic N) is 2. The quantitative estimate of drug-likeness (QED) is 0.310. The summed E-state index contributed by atoms with van der Waals surface area (Å²) < 4.78 is 5.81. The minimum Gasteiger partial charge on any atom is -0.378 e. The maximum Gasteiger partial charge on any atom is 0.191 e. The Bertz CT molecular complexity index is 355. The van der Waals surface area contributed by atoms with Gasteiger partial charge >= 0.3 is 0 Å². The van der Waals surface area contributed by atoms with E-state index in [9.17, 15) is 0 Å². The molecule has 25 heavy (non-hydrogen) atoms. The summed E-state index contributed by atoms with van der Waals surface area (Å²) in [5, 5.41) is 7.04. The summed E-state index contributed by atoms with van der Waals surface area (Å²) in [7, 11) is 1.85. The lowest BCUT2D eigenvalue weighted by Gasteiger charge is -2.34. The zero-order chi connectivity index (χ0) is 17.9. The van der Waals surface area contributed by atoms with Crippen molar-refractivity contribution >= 4 is 29.9 Å².